The molecule has 0 bridgehead atoms. The van der Waals surface area contributed by atoms with Crippen molar-refractivity contribution in [1.29, 1.82) is 0 Å². The minimum absolute atomic E-state index is 0.0432. The molecule has 2 saturated heterocycles. The maximum Gasteiger partial charge on any atom is 0.253 e. The van der Waals surface area contributed by atoms with Crippen molar-refractivity contribution in [1.82, 2.24) is 0 Å². The van der Waals surface area contributed by atoms with Gasteiger partial charge < -0.3 is 24.6 Å². The van der Waals surface area contributed by atoms with E-state index in [0.717, 1.165) is 50.5 Å². The number of nitrogens with one attached hydrogen (secondary N) is 1. The van der Waals surface area contributed by atoms with E-state index in [-0.39, 0.29) is 12.0 Å². The third-order valence-electron chi connectivity index (χ3n) is 5.44. The lowest BCUT2D eigenvalue weighted by Crippen LogP contribution is -2.46. The number of piperazine rings is 1. The van der Waals surface area contributed by atoms with Crippen LogP contribution in [0.1, 0.15) is 12.8 Å². The zero-order valence-electron chi connectivity index (χ0n) is 16.3. The van der Waals surface area contributed by atoms with Gasteiger partial charge in [0.2, 0.25) is 0 Å². The van der Waals surface area contributed by atoms with Crippen LogP contribution in [0.4, 0.5) is 17.1 Å². The molecule has 2 aromatic carbocycles. The van der Waals surface area contributed by atoms with E-state index in [1.807, 2.05) is 24.3 Å². The highest BCUT2D eigenvalue weighted by atomic mass is 16.5. The molecule has 6 heteroatoms. The van der Waals surface area contributed by atoms with Crippen molar-refractivity contribution in [2.45, 2.75) is 18.9 Å². The largest absolute Gasteiger partial charge is 0.497 e. The van der Waals surface area contributed by atoms with Crippen LogP contribution >= 0.6 is 0 Å². The molecule has 0 saturated carbocycles. The van der Waals surface area contributed by atoms with Crippen molar-refractivity contribution in [3.63, 3.8) is 0 Å². The zero-order chi connectivity index (χ0) is 19.3. The molecule has 2 heterocycles. The Bertz CT molecular complexity index is 778. The Morgan fingerprint density at radius 3 is 2.04 bits per heavy atom. The fraction of sp³-hybridized carbons (Fsp3) is 0.409. The molecule has 1 N–H and O–H groups in total. The van der Waals surface area contributed by atoms with Crippen LogP contribution in [-0.4, -0.2) is 51.9 Å². The van der Waals surface area contributed by atoms with E-state index >= 15 is 0 Å². The van der Waals surface area contributed by atoms with Gasteiger partial charge in [-0.3, -0.25) is 4.79 Å². The minimum Gasteiger partial charge on any atom is -0.497 e. The maximum atomic E-state index is 12.2. The number of hydrogen-bond acceptors (Lipinski definition) is 5. The third-order valence-corrected chi connectivity index (χ3v) is 5.44. The number of benzene rings is 2. The molecule has 0 spiro atoms. The molecule has 0 aliphatic carbocycles. The summed E-state index contributed by atoms with van der Waals surface area (Å²) in [4.78, 5) is 16.9. The molecule has 2 fully saturated rings. The predicted octanol–water partition coefficient (Wildman–Crippen LogP) is 3.14. The second-order valence-corrected chi connectivity index (χ2v) is 7.21. The summed E-state index contributed by atoms with van der Waals surface area (Å²) in [6, 6.07) is 16.3. The van der Waals surface area contributed by atoms with Crippen molar-refractivity contribution in [2.24, 2.45) is 0 Å². The maximum absolute atomic E-state index is 12.2. The predicted molar refractivity (Wildman–Crippen MR) is 111 cm³/mol. The number of nitrogens with zero attached hydrogens (tertiary/aromatic N) is 2. The van der Waals surface area contributed by atoms with Crippen molar-refractivity contribution in [3.05, 3.63) is 48.5 Å². The van der Waals surface area contributed by atoms with Crippen LogP contribution < -0.4 is 19.9 Å². The zero-order valence-corrected chi connectivity index (χ0v) is 16.3. The van der Waals surface area contributed by atoms with Crippen LogP contribution in [0.5, 0.6) is 5.75 Å². The second-order valence-electron chi connectivity index (χ2n) is 7.21. The number of anilines is 3. The summed E-state index contributed by atoms with van der Waals surface area (Å²) in [5.74, 6) is 0.840. The molecule has 2 aliphatic rings. The van der Waals surface area contributed by atoms with Gasteiger partial charge in [0, 0.05) is 49.8 Å². The molecule has 1 amide bonds. The minimum atomic E-state index is -0.300. The standard InChI is InChI=1S/C22H27N3O3/c1-27-20-10-8-19(9-11-20)25-14-12-24(13-15-25)18-6-4-17(5-7-18)23-22(26)21-3-2-16-28-21/h4-11,21H,2-3,12-16H2,1H3,(H,23,26). The van der Waals surface area contributed by atoms with Crippen LogP contribution in [0, 0.1) is 0 Å². The highest BCUT2D eigenvalue weighted by Gasteiger charge is 2.23. The Hall–Kier alpha value is -2.73. The van der Waals surface area contributed by atoms with E-state index in [1.54, 1.807) is 7.11 Å². The fourth-order valence-electron chi connectivity index (χ4n) is 3.78. The first-order chi connectivity index (χ1) is 13.7. The first-order valence-electron chi connectivity index (χ1n) is 9.89. The highest BCUT2D eigenvalue weighted by Crippen LogP contribution is 2.24. The van der Waals surface area contributed by atoms with E-state index in [4.69, 9.17) is 9.47 Å². The number of methoxy groups -OCH3 is 1. The number of ether oxygens (including phenoxy) is 2. The Balaban J connectivity index is 1.31. The molecule has 4 rings (SSSR count). The molecule has 1 atom stereocenters. The van der Waals surface area contributed by atoms with Crippen molar-refractivity contribution in [2.75, 3.05) is 55.0 Å². The first-order valence-corrected chi connectivity index (χ1v) is 9.89. The smallest absolute Gasteiger partial charge is 0.253 e. The highest BCUT2D eigenvalue weighted by molar-refractivity contribution is 5.94. The molecular formula is C22H27N3O3. The quantitative estimate of drug-likeness (QED) is 0.862. The normalized spacial score (nSPS) is 19.5. The number of carbonyl (C=O) groups excluding carboxylic acids is 1. The average molecular weight is 381 g/mol. The summed E-state index contributed by atoms with van der Waals surface area (Å²) in [7, 11) is 1.69. The summed E-state index contributed by atoms with van der Waals surface area (Å²) in [5, 5.41) is 2.95. The van der Waals surface area contributed by atoms with Crippen LogP contribution in [0.15, 0.2) is 48.5 Å². The molecule has 6 nitrogen and oxygen atoms in total. The number of rotatable bonds is 5. The second kappa shape index (κ2) is 8.52. The van der Waals surface area contributed by atoms with E-state index in [1.165, 1.54) is 11.4 Å². The first kappa shape index (κ1) is 18.6. The molecule has 148 valence electrons. The van der Waals surface area contributed by atoms with Gasteiger partial charge in [0.05, 0.1) is 7.11 Å². The number of amides is 1. The molecule has 28 heavy (non-hydrogen) atoms. The van der Waals surface area contributed by atoms with Gasteiger partial charge in [0.25, 0.3) is 5.91 Å². The third kappa shape index (κ3) is 4.22. The lowest BCUT2D eigenvalue weighted by Gasteiger charge is -2.37. The van der Waals surface area contributed by atoms with Gasteiger partial charge in [0.15, 0.2) is 0 Å². The van der Waals surface area contributed by atoms with Crippen LogP contribution in [0.25, 0.3) is 0 Å². The Kier molecular flexibility index (Phi) is 5.67. The van der Waals surface area contributed by atoms with Gasteiger partial charge in [-0.05, 0) is 61.4 Å². The van der Waals surface area contributed by atoms with Crippen LogP contribution in [-0.2, 0) is 9.53 Å². The summed E-state index contributed by atoms with van der Waals surface area (Å²) in [6.07, 6.45) is 1.47. The van der Waals surface area contributed by atoms with Gasteiger partial charge in [-0.1, -0.05) is 0 Å². The summed E-state index contributed by atoms with van der Waals surface area (Å²) < 4.78 is 10.7. The average Bonchev–Trinajstić information content (AvgIpc) is 3.30. The van der Waals surface area contributed by atoms with Gasteiger partial charge >= 0.3 is 0 Å². The lowest BCUT2D eigenvalue weighted by molar-refractivity contribution is -0.124. The van der Waals surface area contributed by atoms with Gasteiger partial charge in [0.1, 0.15) is 11.9 Å². The summed E-state index contributed by atoms with van der Waals surface area (Å²) >= 11 is 0. The van der Waals surface area contributed by atoms with Gasteiger partial charge in [-0.2, -0.15) is 0 Å². The van der Waals surface area contributed by atoms with Crippen molar-refractivity contribution in [3.8, 4) is 5.75 Å². The van der Waals surface area contributed by atoms with Crippen molar-refractivity contribution >= 4 is 23.0 Å². The Morgan fingerprint density at radius 2 is 1.54 bits per heavy atom. The Morgan fingerprint density at radius 1 is 0.964 bits per heavy atom. The number of hydrogen-bond donors (Lipinski definition) is 1. The molecule has 1 unspecified atom stereocenters. The van der Waals surface area contributed by atoms with Gasteiger partial charge in [-0.15, -0.1) is 0 Å². The van der Waals surface area contributed by atoms with E-state index in [0.29, 0.717) is 6.61 Å². The molecule has 2 aliphatic heterocycles. The van der Waals surface area contributed by atoms with Crippen LogP contribution in [0.2, 0.25) is 0 Å². The Labute approximate surface area is 166 Å². The summed E-state index contributed by atoms with van der Waals surface area (Å²) in [5.41, 5.74) is 3.23. The van der Waals surface area contributed by atoms with Crippen LogP contribution in [0.3, 0.4) is 0 Å². The lowest BCUT2D eigenvalue weighted by atomic mass is 10.2. The van der Waals surface area contributed by atoms with Crippen molar-refractivity contribution < 1.29 is 14.3 Å². The van der Waals surface area contributed by atoms with Gasteiger partial charge in [-0.25, -0.2) is 0 Å². The fourth-order valence-corrected chi connectivity index (χ4v) is 3.78. The van der Waals surface area contributed by atoms with E-state index in [2.05, 4.69) is 39.4 Å². The van der Waals surface area contributed by atoms with E-state index in [9.17, 15) is 4.79 Å². The topological polar surface area (TPSA) is 54.0 Å². The molecule has 0 aromatic heterocycles. The monoisotopic (exact) mass is 381 g/mol. The summed E-state index contributed by atoms with van der Waals surface area (Å²) in [6.45, 7) is 4.56. The number of carbonyl (C=O) groups is 1. The molecule has 0 radical (unpaired) electrons. The molecular weight excluding hydrogens is 354 g/mol. The van der Waals surface area contributed by atoms with E-state index < -0.39 is 0 Å². The molecule has 2 aromatic rings. The SMILES string of the molecule is COc1ccc(N2CCN(c3ccc(NC(=O)C4CCCO4)cc3)CC2)cc1.